The molecule has 2 aliphatic carbocycles. The van der Waals surface area contributed by atoms with Crippen molar-refractivity contribution in [1.29, 1.82) is 0 Å². The standard InChI is InChI=1S/C26H28N6O3S/c1-13-21(25-30-19-11-27-9-8-20(19)36-25)24(29-18-10-15(12-33)22(34)23(18)35)32-26(28-13)31-17-7-6-14-4-2-3-5-16(14)17/h2-5,8-9,11,15,17-18,22-23,33-35H,6-7,10,12H2,1H3,(H2,28,29,31,32). The van der Waals surface area contributed by atoms with Gasteiger partial charge < -0.3 is 26.0 Å². The van der Waals surface area contributed by atoms with Crippen molar-refractivity contribution in [3.05, 3.63) is 59.5 Å². The number of hydrogen-bond donors (Lipinski definition) is 5. The molecule has 0 spiro atoms. The number of aliphatic hydroxyl groups is 3. The van der Waals surface area contributed by atoms with Gasteiger partial charge in [-0.15, -0.1) is 11.3 Å². The van der Waals surface area contributed by atoms with Gasteiger partial charge in [-0.3, -0.25) is 4.98 Å². The van der Waals surface area contributed by atoms with Crippen LogP contribution in [-0.2, 0) is 6.42 Å². The van der Waals surface area contributed by atoms with E-state index >= 15 is 0 Å². The molecule has 1 fully saturated rings. The number of hydrogen-bond acceptors (Lipinski definition) is 10. The predicted octanol–water partition coefficient (Wildman–Crippen LogP) is 3.07. The quantitative estimate of drug-likeness (QED) is 0.268. The Morgan fingerprint density at radius 1 is 1.06 bits per heavy atom. The van der Waals surface area contributed by atoms with Crippen LogP contribution < -0.4 is 10.6 Å². The number of benzene rings is 1. The SMILES string of the molecule is Cc1nc(NC2CCc3ccccc32)nc(NC2CC(CO)C(O)C2O)c1-c1nc2cnccc2s1. The number of anilines is 2. The topological polar surface area (TPSA) is 136 Å². The summed E-state index contributed by atoms with van der Waals surface area (Å²) in [6.45, 7) is 1.74. The Kier molecular flexibility index (Phi) is 6.04. The number of nitrogens with zero attached hydrogens (tertiary/aromatic N) is 4. The molecule has 5 unspecified atom stereocenters. The lowest BCUT2D eigenvalue weighted by Crippen LogP contribution is -2.35. The van der Waals surface area contributed by atoms with Crippen LogP contribution in [0.1, 0.15) is 35.7 Å². The highest BCUT2D eigenvalue weighted by Gasteiger charge is 2.41. The number of nitrogens with one attached hydrogen (secondary N) is 2. The van der Waals surface area contributed by atoms with Gasteiger partial charge in [-0.1, -0.05) is 24.3 Å². The molecule has 0 radical (unpaired) electrons. The van der Waals surface area contributed by atoms with E-state index in [1.165, 1.54) is 22.5 Å². The summed E-state index contributed by atoms with van der Waals surface area (Å²) < 4.78 is 1.01. The second kappa shape index (κ2) is 9.36. The van der Waals surface area contributed by atoms with Crippen LogP contribution in [0.2, 0.25) is 0 Å². The molecular weight excluding hydrogens is 476 g/mol. The molecule has 3 aromatic heterocycles. The Hall–Kier alpha value is -3.18. The molecule has 5 N–H and O–H groups in total. The zero-order valence-corrected chi connectivity index (χ0v) is 20.6. The number of aryl methyl sites for hydroxylation is 2. The molecule has 1 aromatic carbocycles. The molecule has 1 saturated carbocycles. The van der Waals surface area contributed by atoms with Crippen molar-refractivity contribution in [1.82, 2.24) is 19.9 Å². The smallest absolute Gasteiger partial charge is 0.225 e. The highest BCUT2D eigenvalue weighted by molar-refractivity contribution is 7.21. The van der Waals surface area contributed by atoms with Crippen molar-refractivity contribution in [3.63, 3.8) is 0 Å². The van der Waals surface area contributed by atoms with Crippen molar-refractivity contribution in [2.24, 2.45) is 5.92 Å². The maximum absolute atomic E-state index is 10.7. The molecule has 5 atom stereocenters. The molecule has 10 heteroatoms. The minimum Gasteiger partial charge on any atom is -0.396 e. The second-order valence-electron chi connectivity index (χ2n) is 9.56. The van der Waals surface area contributed by atoms with Gasteiger partial charge >= 0.3 is 0 Å². The van der Waals surface area contributed by atoms with E-state index in [4.69, 9.17) is 15.0 Å². The molecule has 0 amide bonds. The number of rotatable bonds is 6. The van der Waals surface area contributed by atoms with E-state index in [0.717, 1.165) is 39.3 Å². The van der Waals surface area contributed by atoms with Crippen molar-refractivity contribution < 1.29 is 15.3 Å². The third kappa shape index (κ3) is 4.09. The highest BCUT2D eigenvalue weighted by Crippen LogP contribution is 2.39. The summed E-state index contributed by atoms with van der Waals surface area (Å²) in [6, 6.07) is 9.98. The molecular formula is C26H28N6O3S. The van der Waals surface area contributed by atoms with E-state index in [1.807, 2.05) is 19.1 Å². The number of thiazole rings is 1. The number of fused-ring (bicyclic) bond motifs is 2. The molecule has 2 aliphatic rings. The fraction of sp³-hybridized carbons (Fsp3) is 0.385. The summed E-state index contributed by atoms with van der Waals surface area (Å²) in [7, 11) is 0. The van der Waals surface area contributed by atoms with Gasteiger partial charge in [-0.25, -0.2) is 9.97 Å². The van der Waals surface area contributed by atoms with E-state index in [-0.39, 0.29) is 12.6 Å². The zero-order chi connectivity index (χ0) is 24.8. The maximum Gasteiger partial charge on any atom is 0.225 e. The third-order valence-corrected chi connectivity index (χ3v) is 8.34. The van der Waals surface area contributed by atoms with E-state index in [0.29, 0.717) is 18.2 Å². The lowest BCUT2D eigenvalue weighted by atomic mass is 10.1. The molecule has 6 rings (SSSR count). The first kappa shape index (κ1) is 23.2. The zero-order valence-electron chi connectivity index (χ0n) is 19.8. The van der Waals surface area contributed by atoms with Gasteiger partial charge in [0.1, 0.15) is 22.4 Å². The monoisotopic (exact) mass is 504 g/mol. The van der Waals surface area contributed by atoms with Crippen molar-refractivity contribution in [3.8, 4) is 10.6 Å². The summed E-state index contributed by atoms with van der Waals surface area (Å²) in [6.07, 6.45) is 3.83. The summed E-state index contributed by atoms with van der Waals surface area (Å²) in [5.74, 6) is 0.637. The van der Waals surface area contributed by atoms with Crippen LogP contribution >= 0.6 is 11.3 Å². The number of aromatic nitrogens is 4. The van der Waals surface area contributed by atoms with Gasteiger partial charge in [0.25, 0.3) is 0 Å². The lowest BCUT2D eigenvalue weighted by molar-refractivity contribution is 0.00446. The highest BCUT2D eigenvalue weighted by atomic mass is 32.1. The molecule has 36 heavy (non-hydrogen) atoms. The summed E-state index contributed by atoms with van der Waals surface area (Å²) in [4.78, 5) is 18.6. The van der Waals surface area contributed by atoms with Crippen LogP contribution in [0.3, 0.4) is 0 Å². The molecule has 9 nitrogen and oxygen atoms in total. The average Bonchev–Trinajstić information content (AvgIpc) is 3.56. The first-order chi connectivity index (χ1) is 17.5. The van der Waals surface area contributed by atoms with Gasteiger partial charge in [-0.2, -0.15) is 4.98 Å². The van der Waals surface area contributed by atoms with E-state index in [1.54, 1.807) is 12.4 Å². The fourth-order valence-electron chi connectivity index (χ4n) is 5.37. The molecule has 0 saturated heterocycles. The van der Waals surface area contributed by atoms with E-state index < -0.39 is 24.2 Å². The van der Waals surface area contributed by atoms with E-state index in [2.05, 4.69) is 33.8 Å². The second-order valence-corrected chi connectivity index (χ2v) is 10.6. The van der Waals surface area contributed by atoms with Crippen molar-refractivity contribution in [2.75, 3.05) is 17.2 Å². The van der Waals surface area contributed by atoms with Crippen molar-refractivity contribution >= 4 is 33.3 Å². The van der Waals surface area contributed by atoms with Crippen LogP contribution in [-0.4, -0.2) is 60.1 Å². The van der Waals surface area contributed by atoms with Gasteiger partial charge in [-0.05, 0) is 43.4 Å². The van der Waals surface area contributed by atoms with Crippen LogP contribution in [0.25, 0.3) is 20.8 Å². The van der Waals surface area contributed by atoms with Crippen LogP contribution in [0, 0.1) is 12.8 Å². The molecule has 0 aliphatic heterocycles. The third-order valence-electron chi connectivity index (χ3n) is 7.29. The predicted molar refractivity (Wildman–Crippen MR) is 139 cm³/mol. The summed E-state index contributed by atoms with van der Waals surface area (Å²) in [5, 5.41) is 38.3. The normalized spacial score (nSPS) is 25.3. The largest absolute Gasteiger partial charge is 0.396 e. The molecule has 0 bridgehead atoms. The fourth-order valence-corrected chi connectivity index (χ4v) is 6.40. The Balaban J connectivity index is 1.39. The van der Waals surface area contributed by atoms with Gasteiger partial charge in [0.05, 0.1) is 40.3 Å². The van der Waals surface area contributed by atoms with Crippen molar-refractivity contribution in [2.45, 2.75) is 50.5 Å². The summed E-state index contributed by atoms with van der Waals surface area (Å²) >= 11 is 1.53. The Morgan fingerprint density at radius 3 is 2.72 bits per heavy atom. The van der Waals surface area contributed by atoms with E-state index in [9.17, 15) is 15.3 Å². The first-order valence-electron chi connectivity index (χ1n) is 12.2. The summed E-state index contributed by atoms with van der Waals surface area (Å²) in [5.41, 5.74) is 4.89. The van der Waals surface area contributed by atoms with Gasteiger partial charge in [0, 0.05) is 18.7 Å². The van der Waals surface area contributed by atoms with Crippen LogP contribution in [0.4, 0.5) is 11.8 Å². The lowest BCUT2D eigenvalue weighted by Gasteiger charge is -2.22. The number of aliphatic hydroxyl groups excluding tert-OH is 3. The molecule has 4 aromatic rings. The van der Waals surface area contributed by atoms with Crippen LogP contribution in [0.15, 0.2) is 42.7 Å². The number of pyridine rings is 1. The maximum atomic E-state index is 10.7. The Bertz CT molecular complexity index is 1380. The molecule has 186 valence electrons. The van der Waals surface area contributed by atoms with Gasteiger partial charge in [0.2, 0.25) is 5.95 Å². The minimum absolute atomic E-state index is 0.116. The minimum atomic E-state index is -1.03. The molecule has 3 heterocycles. The first-order valence-corrected chi connectivity index (χ1v) is 13.0. The Labute approximate surface area is 212 Å². The van der Waals surface area contributed by atoms with Gasteiger partial charge in [0.15, 0.2) is 0 Å². The average molecular weight is 505 g/mol. The van der Waals surface area contributed by atoms with Crippen LogP contribution in [0.5, 0.6) is 0 Å². The Morgan fingerprint density at radius 2 is 1.92 bits per heavy atom.